The van der Waals surface area contributed by atoms with Gasteiger partial charge in [0.1, 0.15) is 5.75 Å². The van der Waals surface area contributed by atoms with Crippen LogP contribution in [-0.2, 0) is 0 Å². The van der Waals surface area contributed by atoms with Crippen molar-refractivity contribution >= 4 is 11.6 Å². The Balaban J connectivity index is 2.19. The Labute approximate surface area is 116 Å². The van der Waals surface area contributed by atoms with Crippen molar-refractivity contribution in [2.24, 2.45) is 0 Å². The Hall–Kier alpha value is -0.730. The first-order valence-corrected chi connectivity index (χ1v) is 7.27. The van der Waals surface area contributed by atoms with Crippen molar-refractivity contribution in [1.82, 2.24) is 0 Å². The van der Waals surface area contributed by atoms with Crippen LogP contribution in [0.1, 0.15) is 32.3 Å². The van der Waals surface area contributed by atoms with Crippen molar-refractivity contribution in [1.29, 1.82) is 0 Å². The second-order valence-electron chi connectivity index (χ2n) is 4.67. The molecular formula is C15H25ClNO+. The van der Waals surface area contributed by atoms with Crippen LogP contribution in [0.4, 0.5) is 0 Å². The number of quaternary nitrogens is 1. The molecular weight excluding hydrogens is 246 g/mol. The average Bonchev–Trinajstić information content (AvgIpc) is 2.38. The summed E-state index contributed by atoms with van der Waals surface area (Å²) in [6.45, 7) is 11.0. The van der Waals surface area contributed by atoms with E-state index in [9.17, 15) is 0 Å². The Bertz CT molecular complexity index is 350. The highest BCUT2D eigenvalue weighted by atomic mass is 35.5. The topological polar surface area (TPSA) is 13.7 Å². The molecule has 0 aromatic heterocycles. The third-order valence-electron chi connectivity index (χ3n) is 3.32. The molecule has 0 aliphatic heterocycles. The lowest BCUT2D eigenvalue weighted by Gasteiger charge is -2.15. The fourth-order valence-electron chi connectivity index (χ4n) is 1.98. The maximum atomic E-state index is 5.97. The maximum Gasteiger partial charge on any atom is 0.119 e. The molecule has 0 heterocycles. The van der Waals surface area contributed by atoms with Crippen LogP contribution in [0.5, 0.6) is 5.75 Å². The zero-order chi connectivity index (χ0) is 13.4. The highest BCUT2D eigenvalue weighted by molar-refractivity contribution is 6.31. The van der Waals surface area contributed by atoms with Crippen LogP contribution in [0, 0.1) is 6.92 Å². The summed E-state index contributed by atoms with van der Waals surface area (Å²) in [4.78, 5) is 1.66. The molecule has 1 aromatic rings. The molecule has 0 saturated carbocycles. The molecule has 2 nitrogen and oxygen atoms in total. The third-order valence-corrected chi connectivity index (χ3v) is 3.75. The lowest BCUT2D eigenvalue weighted by atomic mass is 10.2. The average molecular weight is 271 g/mol. The first kappa shape index (κ1) is 15.3. The van der Waals surface area contributed by atoms with Gasteiger partial charge in [0.2, 0.25) is 0 Å². The molecule has 0 unspecified atom stereocenters. The van der Waals surface area contributed by atoms with Crippen molar-refractivity contribution in [3.63, 3.8) is 0 Å². The number of hydrogen-bond acceptors (Lipinski definition) is 1. The highest BCUT2D eigenvalue weighted by Crippen LogP contribution is 2.21. The van der Waals surface area contributed by atoms with E-state index in [1.807, 2.05) is 25.1 Å². The molecule has 0 aliphatic carbocycles. The number of benzene rings is 1. The summed E-state index contributed by atoms with van der Waals surface area (Å²) in [5.74, 6) is 0.923. The van der Waals surface area contributed by atoms with E-state index in [0.29, 0.717) is 0 Å². The van der Waals surface area contributed by atoms with E-state index in [0.717, 1.165) is 29.4 Å². The van der Waals surface area contributed by atoms with Gasteiger partial charge in [-0.3, -0.25) is 0 Å². The summed E-state index contributed by atoms with van der Waals surface area (Å²) in [6, 6.07) is 5.83. The van der Waals surface area contributed by atoms with Gasteiger partial charge in [-0.05, 0) is 57.4 Å². The number of aryl methyl sites for hydroxylation is 1. The minimum absolute atomic E-state index is 0.793. The Morgan fingerprint density at radius 1 is 1.17 bits per heavy atom. The van der Waals surface area contributed by atoms with E-state index in [2.05, 4.69) is 13.8 Å². The Kier molecular flexibility index (Phi) is 7.14. The molecule has 102 valence electrons. The van der Waals surface area contributed by atoms with Crippen LogP contribution in [0.25, 0.3) is 0 Å². The number of ether oxygens (including phenoxy) is 1. The van der Waals surface area contributed by atoms with E-state index in [4.69, 9.17) is 16.3 Å². The molecule has 3 heteroatoms. The monoisotopic (exact) mass is 270 g/mol. The largest absolute Gasteiger partial charge is 0.494 e. The fourth-order valence-corrected chi connectivity index (χ4v) is 2.10. The predicted octanol–water partition coefficient (Wildman–Crippen LogP) is 2.73. The van der Waals surface area contributed by atoms with Gasteiger partial charge in [-0.1, -0.05) is 11.6 Å². The normalized spacial score (nSPS) is 10.9. The highest BCUT2D eigenvalue weighted by Gasteiger charge is 2.02. The third kappa shape index (κ3) is 5.28. The van der Waals surface area contributed by atoms with Crippen LogP contribution < -0.4 is 9.64 Å². The smallest absolute Gasteiger partial charge is 0.119 e. The van der Waals surface area contributed by atoms with Gasteiger partial charge >= 0.3 is 0 Å². The quantitative estimate of drug-likeness (QED) is 0.717. The second kappa shape index (κ2) is 8.39. The van der Waals surface area contributed by atoms with Gasteiger partial charge in [0, 0.05) is 5.02 Å². The lowest BCUT2D eigenvalue weighted by molar-refractivity contribution is -0.896. The number of hydrogen-bond donors (Lipinski definition) is 1. The van der Waals surface area contributed by atoms with Crippen LogP contribution in [-0.4, -0.2) is 26.2 Å². The molecule has 0 aliphatic rings. The summed E-state index contributed by atoms with van der Waals surface area (Å²) >= 11 is 5.97. The van der Waals surface area contributed by atoms with Gasteiger partial charge in [-0.2, -0.15) is 0 Å². The van der Waals surface area contributed by atoms with Gasteiger partial charge in [0.25, 0.3) is 0 Å². The summed E-state index contributed by atoms with van der Waals surface area (Å²) in [5.41, 5.74) is 1.07. The van der Waals surface area contributed by atoms with Crippen LogP contribution in [0.15, 0.2) is 18.2 Å². The van der Waals surface area contributed by atoms with Gasteiger partial charge < -0.3 is 9.64 Å². The van der Waals surface area contributed by atoms with Gasteiger partial charge in [-0.15, -0.1) is 0 Å². The number of rotatable bonds is 8. The lowest BCUT2D eigenvalue weighted by Crippen LogP contribution is -3.11. The SMILES string of the molecule is CC[NH+](CC)CCCCOc1ccc(Cl)c(C)c1. The number of nitrogens with one attached hydrogen (secondary N) is 1. The Morgan fingerprint density at radius 3 is 2.50 bits per heavy atom. The van der Waals surface area contributed by atoms with Crippen molar-refractivity contribution in [3.8, 4) is 5.75 Å². The number of unbranched alkanes of at least 4 members (excludes halogenated alkanes) is 1. The van der Waals surface area contributed by atoms with Crippen molar-refractivity contribution in [2.45, 2.75) is 33.6 Å². The summed E-state index contributed by atoms with van der Waals surface area (Å²) in [5, 5.41) is 0.799. The first-order valence-electron chi connectivity index (χ1n) is 6.89. The van der Waals surface area contributed by atoms with Crippen LogP contribution in [0.3, 0.4) is 0 Å². The fraction of sp³-hybridized carbons (Fsp3) is 0.600. The van der Waals surface area contributed by atoms with E-state index < -0.39 is 0 Å². The molecule has 0 saturated heterocycles. The molecule has 0 spiro atoms. The van der Waals surface area contributed by atoms with Crippen molar-refractivity contribution in [3.05, 3.63) is 28.8 Å². The molecule has 0 radical (unpaired) electrons. The van der Waals surface area contributed by atoms with Crippen LogP contribution >= 0.6 is 11.6 Å². The van der Waals surface area contributed by atoms with Gasteiger partial charge in [0.05, 0.1) is 26.2 Å². The Morgan fingerprint density at radius 2 is 1.89 bits per heavy atom. The minimum atomic E-state index is 0.793. The zero-order valence-electron chi connectivity index (χ0n) is 11.8. The molecule has 1 aromatic carbocycles. The molecule has 1 N–H and O–H groups in total. The number of halogens is 1. The van der Waals surface area contributed by atoms with E-state index in [1.165, 1.54) is 26.1 Å². The van der Waals surface area contributed by atoms with Crippen molar-refractivity contribution < 1.29 is 9.64 Å². The van der Waals surface area contributed by atoms with E-state index in [1.54, 1.807) is 4.90 Å². The second-order valence-corrected chi connectivity index (χ2v) is 5.08. The first-order chi connectivity index (χ1) is 8.67. The molecule has 0 bridgehead atoms. The van der Waals surface area contributed by atoms with E-state index >= 15 is 0 Å². The standard InChI is InChI=1S/C15H24ClNO/c1-4-17(5-2)10-6-7-11-18-14-8-9-15(16)13(3)12-14/h8-9,12H,4-7,10-11H2,1-3H3/p+1. The van der Waals surface area contributed by atoms with Gasteiger partial charge in [-0.25, -0.2) is 0 Å². The summed E-state index contributed by atoms with van der Waals surface area (Å²) < 4.78 is 5.72. The minimum Gasteiger partial charge on any atom is -0.494 e. The molecule has 1 rings (SSSR count). The van der Waals surface area contributed by atoms with Gasteiger partial charge in [0.15, 0.2) is 0 Å². The maximum absolute atomic E-state index is 5.97. The summed E-state index contributed by atoms with van der Waals surface area (Å²) in [7, 11) is 0. The van der Waals surface area contributed by atoms with Crippen molar-refractivity contribution in [2.75, 3.05) is 26.2 Å². The van der Waals surface area contributed by atoms with E-state index in [-0.39, 0.29) is 0 Å². The molecule has 0 atom stereocenters. The molecule has 0 fully saturated rings. The van der Waals surface area contributed by atoms with Crippen LogP contribution in [0.2, 0.25) is 5.02 Å². The molecule has 18 heavy (non-hydrogen) atoms. The summed E-state index contributed by atoms with van der Waals surface area (Å²) in [6.07, 6.45) is 2.34. The predicted molar refractivity (Wildman–Crippen MR) is 77.8 cm³/mol. The molecule has 0 amide bonds. The zero-order valence-corrected chi connectivity index (χ0v) is 12.5.